The first-order valence-electron chi connectivity index (χ1n) is 7.63. The smallest absolute Gasteiger partial charge is 0.279 e. The van der Waals surface area contributed by atoms with Crippen molar-refractivity contribution in [3.05, 3.63) is 25.0 Å². The number of ether oxygens (including phenoxy) is 3. The van der Waals surface area contributed by atoms with Gasteiger partial charge in [-0.15, -0.1) is 0 Å². The highest BCUT2D eigenvalue weighted by atomic mass is 16.7. The van der Waals surface area contributed by atoms with Crippen LogP contribution in [0.25, 0.3) is 0 Å². The van der Waals surface area contributed by atoms with Crippen molar-refractivity contribution in [1.29, 1.82) is 0 Å². The van der Waals surface area contributed by atoms with Gasteiger partial charge in [-0.1, -0.05) is 12.8 Å². The normalized spacial score (nSPS) is 21.7. The Morgan fingerprint density at radius 2 is 1.00 bits per heavy atom. The Balaban J connectivity index is 1.64. The van der Waals surface area contributed by atoms with Crippen molar-refractivity contribution in [2.75, 3.05) is 0 Å². The molecule has 0 bridgehead atoms. The average molecular weight is 266 g/mol. The molecule has 3 nitrogen and oxygen atoms in total. The zero-order valence-corrected chi connectivity index (χ0v) is 11.9. The van der Waals surface area contributed by atoms with Gasteiger partial charge in [0.05, 0.1) is 0 Å². The highest BCUT2D eigenvalue weighted by molar-refractivity contribution is 4.83. The molecule has 0 aromatic heterocycles. The van der Waals surface area contributed by atoms with E-state index in [-0.39, 0.29) is 12.2 Å². The molecule has 0 radical (unpaired) electrons. The SMILES string of the molecule is C=C(OC(=C)OC1CCCCC1)OC1CCCCC1. The maximum atomic E-state index is 5.69. The van der Waals surface area contributed by atoms with Gasteiger partial charge in [0, 0.05) is 0 Å². The van der Waals surface area contributed by atoms with Gasteiger partial charge in [-0.2, -0.15) is 0 Å². The van der Waals surface area contributed by atoms with Crippen molar-refractivity contribution < 1.29 is 14.2 Å². The highest BCUT2D eigenvalue weighted by Gasteiger charge is 2.18. The van der Waals surface area contributed by atoms with Crippen LogP contribution in [0.4, 0.5) is 0 Å². The first-order valence-corrected chi connectivity index (χ1v) is 7.63. The average Bonchev–Trinajstić information content (AvgIpc) is 2.40. The molecule has 0 heterocycles. The van der Waals surface area contributed by atoms with Gasteiger partial charge in [0.15, 0.2) is 0 Å². The molecule has 0 aliphatic heterocycles. The first-order chi connectivity index (χ1) is 9.24. The predicted molar refractivity (Wildman–Crippen MR) is 75.3 cm³/mol. The quantitative estimate of drug-likeness (QED) is 0.655. The molecular formula is C16H26O3. The van der Waals surface area contributed by atoms with E-state index in [1.54, 1.807) is 0 Å². The van der Waals surface area contributed by atoms with E-state index in [0.29, 0.717) is 11.9 Å². The van der Waals surface area contributed by atoms with Gasteiger partial charge in [0.1, 0.15) is 12.2 Å². The molecule has 0 aromatic carbocycles. The molecule has 19 heavy (non-hydrogen) atoms. The number of hydrogen-bond donors (Lipinski definition) is 0. The summed E-state index contributed by atoms with van der Waals surface area (Å²) in [6, 6.07) is 0. The van der Waals surface area contributed by atoms with E-state index in [1.165, 1.54) is 38.5 Å². The van der Waals surface area contributed by atoms with Crippen molar-refractivity contribution >= 4 is 0 Å². The zero-order chi connectivity index (χ0) is 13.5. The topological polar surface area (TPSA) is 27.7 Å². The maximum absolute atomic E-state index is 5.69. The highest BCUT2D eigenvalue weighted by Crippen LogP contribution is 2.25. The lowest BCUT2D eigenvalue weighted by molar-refractivity contribution is -0.0610. The molecule has 2 aliphatic carbocycles. The van der Waals surface area contributed by atoms with Crippen LogP contribution in [0.5, 0.6) is 0 Å². The molecule has 2 rings (SSSR count). The Labute approximate surface area is 116 Å². The number of rotatable bonds is 6. The Morgan fingerprint density at radius 1 is 0.632 bits per heavy atom. The molecule has 0 amide bonds. The summed E-state index contributed by atoms with van der Waals surface area (Å²) in [7, 11) is 0. The summed E-state index contributed by atoms with van der Waals surface area (Å²) >= 11 is 0. The fourth-order valence-electron chi connectivity index (χ4n) is 2.91. The third kappa shape index (κ3) is 5.17. The van der Waals surface area contributed by atoms with Gasteiger partial charge < -0.3 is 14.2 Å². The second kappa shape index (κ2) is 7.46. The molecule has 2 saturated carbocycles. The van der Waals surface area contributed by atoms with Crippen LogP contribution >= 0.6 is 0 Å². The lowest BCUT2D eigenvalue weighted by Crippen LogP contribution is -2.19. The van der Waals surface area contributed by atoms with Crippen LogP contribution in [0.1, 0.15) is 64.2 Å². The third-order valence-corrected chi connectivity index (χ3v) is 3.93. The molecule has 0 saturated heterocycles. The number of hydrogen-bond acceptors (Lipinski definition) is 3. The van der Waals surface area contributed by atoms with Gasteiger partial charge in [-0.25, -0.2) is 0 Å². The zero-order valence-electron chi connectivity index (χ0n) is 11.9. The Hall–Kier alpha value is -1.12. The van der Waals surface area contributed by atoms with Crippen LogP contribution in [0.2, 0.25) is 0 Å². The molecule has 0 N–H and O–H groups in total. The fourth-order valence-corrected chi connectivity index (χ4v) is 2.91. The van der Waals surface area contributed by atoms with E-state index in [4.69, 9.17) is 14.2 Å². The first kappa shape index (κ1) is 14.3. The Bertz CT molecular complexity index is 269. The van der Waals surface area contributed by atoms with Crippen LogP contribution in [-0.2, 0) is 14.2 Å². The molecule has 0 spiro atoms. The lowest BCUT2D eigenvalue weighted by atomic mass is 9.98. The van der Waals surface area contributed by atoms with Gasteiger partial charge in [-0.3, -0.25) is 0 Å². The molecule has 0 unspecified atom stereocenters. The van der Waals surface area contributed by atoms with Crippen LogP contribution in [0, 0.1) is 0 Å². The molecular weight excluding hydrogens is 240 g/mol. The third-order valence-electron chi connectivity index (χ3n) is 3.93. The lowest BCUT2D eigenvalue weighted by Gasteiger charge is -2.26. The van der Waals surface area contributed by atoms with E-state index in [9.17, 15) is 0 Å². The van der Waals surface area contributed by atoms with E-state index < -0.39 is 0 Å². The molecule has 108 valence electrons. The van der Waals surface area contributed by atoms with Crippen molar-refractivity contribution in [2.24, 2.45) is 0 Å². The van der Waals surface area contributed by atoms with Crippen LogP contribution < -0.4 is 0 Å². The van der Waals surface area contributed by atoms with Crippen molar-refractivity contribution in [3.8, 4) is 0 Å². The largest absolute Gasteiger partial charge is 0.462 e. The van der Waals surface area contributed by atoms with Crippen LogP contribution in [0.15, 0.2) is 25.0 Å². The summed E-state index contributed by atoms with van der Waals surface area (Å²) in [6.45, 7) is 7.59. The van der Waals surface area contributed by atoms with E-state index in [0.717, 1.165) is 25.7 Å². The summed E-state index contributed by atoms with van der Waals surface area (Å²) < 4.78 is 16.8. The summed E-state index contributed by atoms with van der Waals surface area (Å²) in [5.41, 5.74) is 0. The molecule has 2 aliphatic rings. The second-order valence-electron chi connectivity index (χ2n) is 5.60. The Morgan fingerprint density at radius 3 is 1.37 bits per heavy atom. The van der Waals surface area contributed by atoms with Crippen LogP contribution in [0.3, 0.4) is 0 Å². The minimum absolute atomic E-state index is 0.253. The summed E-state index contributed by atoms with van der Waals surface area (Å²) in [4.78, 5) is 0. The standard InChI is InChI=1S/C16H26O3/c1-13(18-15-9-5-3-6-10-15)17-14(2)19-16-11-7-4-8-12-16/h15-16H,1-12H2. The van der Waals surface area contributed by atoms with Crippen LogP contribution in [-0.4, -0.2) is 12.2 Å². The maximum Gasteiger partial charge on any atom is 0.279 e. The van der Waals surface area contributed by atoms with Gasteiger partial charge in [-0.05, 0) is 64.5 Å². The fraction of sp³-hybridized carbons (Fsp3) is 0.750. The Kier molecular flexibility index (Phi) is 5.62. The molecule has 2 fully saturated rings. The van der Waals surface area contributed by atoms with Gasteiger partial charge in [0.25, 0.3) is 11.9 Å². The monoisotopic (exact) mass is 266 g/mol. The minimum atomic E-state index is 0.253. The molecule has 0 aromatic rings. The second-order valence-corrected chi connectivity index (χ2v) is 5.60. The van der Waals surface area contributed by atoms with Crippen molar-refractivity contribution in [2.45, 2.75) is 76.4 Å². The van der Waals surface area contributed by atoms with Crippen molar-refractivity contribution in [3.63, 3.8) is 0 Å². The molecule has 0 atom stereocenters. The van der Waals surface area contributed by atoms with Crippen molar-refractivity contribution in [1.82, 2.24) is 0 Å². The summed E-state index contributed by atoms with van der Waals surface area (Å²) in [6.07, 6.45) is 12.4. The van der Waals surface area contributed by atoms with Gasteiger partial charge >= 0.3 is 0 Å². The minimum Gasteiger partial charge on any atom is -0.462 e. The van der Waals surface area contributed by atoms with E-state index in [2.05, 4.69) is 13.2 Å². The summed E-state index contributed by atoms with van der Waals surface area (Å²) in [5.74, 6) is 0.653. The summed E-state index contributed by atoms with van der Waals surface area (Å²) in [5, 5.41) is 0. The predicted octanol–water partition coefficient (Wildman–Crippen LogP) is 4.64. The van der Waals surface area contributed by atoms with Gasteiger partial charge in [0.2, 0.25) is 0 Å². The van der Waals surface area contributed by atoms with E-state index in [1.807, 2.05) is 0 Å². The van der Waals surface area contributed by atoms with E-state index >= 15 is 0 Å². The molecule has 3 heteroatoms.